The lowest BCUT2D eigenvalue weighted by molar-refractivity contribution is 0.195. The maximum atomic E-state index is 2.86. The minimum absolute atomic E-state index is 0.0311. The Bertz CT molecular complexity index is 2660. The average Bonchev–Trinajstić information content (AvgIpc) is 3.55. The molecule has 4 heteroatoms. The maximum Gasteiger partial charge on any atom is 0.252 e. The van der Waals surface area contributed by atoms with E-state index in [4.69, 9.17) is 0 Å². The molecule has 2 atom stereocenters. The van der Waals surface area contributed by atoms with Gasteiger partial charge >= 0.3 is 0 Å². The number of benzene rings is 6. The third-order valence-corrected chi connectivity index (χ3v) is 13.6. The van der Waals surface area contributed by atoms with Crippen LogP contribution < -0.4 is 26.2 Å². The Morgan fingerprint density at radius 3 is 2.02 bits per heavy atom. The Morgan fingerprint density at radius 1 is 0.596 bits per heavy atom. The fourth-order valence-corrected chi connectivity index (χ4v) is 11.2. The molecule has 0 radical (unpaired) electrons. The molecular formula is C48H44BN3. The molecular weight excluding hydrogens is 629 g/mol. The van der Waals surface area contributed by atoms with Crippen molar-refractivity contribution in [3.05, 3.63) is 137 Å². The van der Waals surface area contributed by atoms with Crippen LogP contribution in [-0.2, 0) is 5.41 Å². The van der Waals surface area contributed by atoms with Crippen LogP contribution in [0.15, 0.2) is 109 Å². The summed E-state index contributed by atoms with van der Waals surface area (Å²) in [7, 11) is 0. The van der Waals surface area contributed by atoms with Gasteiger partial charge in [-0.25, -0.2) is 0 Å². The number of para-hydroxylation sites is 1. The second kappa shape index (κ2) is 10.2. The molecule has 7 aromatic rings. The van der Waals surface area contributed by atoms with Gasteiger partial charge in [-0.15, -0.1) is 0 Å². The van der Waals surface area contributed by atoms with E-state index in [9.17, 15) is 0 Å². The number of nitrogens with zero attached hydrogens (tertiary/aromatic N) is 3. The standard InChI is InChI=1S/C48H44BN3/c1-29-12-9-14-33(22-29)50(34-15-10-13-30(2)23-34)35-27-42-44-43(28-35)52-46-38(47(5)20-7-8-21-48(47,52)6)16-11-17-39(46)49(44)40-26-32(4)25-37-36-24-31(3)18-19-41(36)51(42)45(37)40/h9-19,22-28H,7-8,20-21H2,1-6H3. The lowest BCUT2D eigenvalue weighted by Crippen LogP contribution is -2.64. The van der Waals surface area contributed by atoms with Gasteiger partial charge in [0.25, 0.3) is 6.71 Å². The first-order valence-electron chi connectivity index (χ1n) is 19.3. The minimum Gasteiger partial charge on any atom is -0.335 e. The van der Waals surface area contributed by atoms with E-state index in [-0.39, 0.29) is 17.7 Å². The molecule has 0 bridgehead atoms. The van der Waals surface area contributed by atoms with Crippen molar-refractivity contribution in [3.8, 4) is 5.69 Å². The van der Waals surface area contributed by atoms with E-state index in [2.05, 4.69) is 165 Å². The van der Waals surface area contributed by atoms with Crippen LogP contribution in [0.4, 0.5) is 28.4 Å². The van der Waals surface area contributed by atoms with E-state index in [1.54, 1.807) is 5.56 Å². The van der Waals surface area contributed by atoms with Gasteiger partial charge in [0.1, 0.15) is 0 Å². The van der Waals surface area contributed by atoms with Gasteiger partial charge in [-0.05, 0) is 135 Å². The molecule has 2 unspecified atom stereocenters. The van der Waals surface area contributed by atoms with Crippen LogP contribution in [0.25, 0.3) is 27.5 Å². The minimum atomic E-state index is -0.0311. The van der Waals surface area contributed by atoms with Gasteiger partial charge in [0.15, 0.2) is 0 Å². The van der Waals surface area contributed by atoms with Crippen molar-refractivity contribution in [2.75, 3.05) is 9.80 Å². The third kappa shape index (κ3) is 3.73. The number of hydrogen-bond donors (Lipinski definition) is 0. The molecule has 0 amide bonds. The first-order chi connectivity index (χ1) is 25.2. The van der Waals surface area contributed by atoms with E-state index >= 15 is 0 Å². The normalized spacial score (nSPS) is 20.7. The van der Waals surface area contributed by atoms with E-state index in [1.807, 2.05) is 0 Å². The van der Waals surface area contributed by atoms with Gasteiger partial charge in [-0.3, -0.25) is 0 Å². The largest absolute Gasteiger partial charge is 0.335 e. The zero-order valence-corrected chi connectivity index (χ0v) is 31.1. The quantitative estimate of drug-likeness (QED) is 0.173. The Kier molecular flexibility index (Phi) is 5.98. The monoisotopic (exact) mass is 673 g/mol. The van der Waals surface area contributed by atoms with Crippen molar-refractivity contribution in [1.29, 1.82) is 0 Å². The number of anilines is 5. The van der Waals surface area contributed by atoms with Crippen LogP contribution in [0.1, 0.15) is 67.3 Å². The number of aryl methyl sites for hydroxylation is 4. The highest BCUT2D eigenvalue weighted by molar-refractivity contribution is 7.00. The molecule has 0 saturated heterocycles. The van der Waals surface area contributed by atoms with Gasteiger partial charge < -0.3 is 14.4 Å². The summed E-state index contributed by atoms with van der Waals surface area (Å²) in [5.74, 6) is 0. The summed E-state index contributed by atoms with van der Waals surface area (Å²) in [5, 5.41) is 2.71. The van der Waals surface area contributed by atoms with Gasteiger partial charge in [0, 0.05) is 50.1 Å². The van der Waals surface area contributed by atoms with Gasteiger partial charge in [0.2, 0.25) is 0 Å². The van der Waals surface area contributed by atoms with E-state index in [1.165, 1.54) is 120 Å². The highest BCUT2D eigenvalue weighted by atomic mass is 15.3. The maximum absolute atomic E-state index is 2.86. The van der Waals surface area contributed by atoms with Crippen LogP contribution in [0.5, 0.6) is 0 Å². The van der Waals surface area contributed by atoms with Crippen molar-refractivity contribution in [3.63, 3.8) is 0 Å². The van der Waals surface area contributed by atoms with Crippen molar-refractivity contribution < 1.29 is 0 Å². The molecule has 0 N–H and O–H groups in total. The zero-order valence-electron chi connectivity index (χ0n) is 31.1. The third-order valence-electron chi connectivity index (χ3n) is 13.6. The number of aromatic nitrogens is 1. The molecule has 0 spiro atoms. The first kappa shape index (κ1) is 30.4. The lowest BCUT2D eigenvalue weighted by Gasteiger charge is -2.52. The summed E-state index contributed by atoms with van der Waals surface area (Å²) in [5.41, 5.74) is 21.5. The molecule has 3 aliphatic heterocycles. The highest BCUT2D eigenvalue weighted by Crippen LogP contribution is 2.61. The van der Waals surface area contributed by atoms with E-state index < -0.39 is 0 Å². The van der Waals surface area contributed by atoms with Gasteiger partial charge in [-0.2, -0.15) is 0 Å². The van der Waals surface area contributed by atoms with Crippen LogP contribution in [-0.4, -0.2) is 16.8 Å². The molecule has 11 rings (SSSR count). The Morgan fingerprint density at radius 2 is 1.27 bits per heavy atom. The molecule has 4 aliphatic rings. The molecule has 1 fully saturated rings. The van der Waals surface area contributed by atoms with Crippen LogP contribution >= 0.6 is 0 Å². The molecule has 1 aromatic heterocycles. The SMILES string of the molecule is Cc1cccc(N(c2cccc(C)c2)c2cc3c4c(c2)-n2c5ccc(C)cc5c5cc(C)cc(c52)B4c2cccc4c2N3C2(C)CCCCC42C)c1. The first-order valence-corrected chi connectivity index (χ1v) is 19.3. The Hall–Kier alpha value is -5.22. The van der Waals surface area contributed by atoms with Crippen molar-refractivity contribution in [2.45, 2.75) is 78.2 Å². The summed E-state index contributed by atoms with van der Waals surface area (Å²) < 4.78 is 2.63. The second-order valence-corrected chi connectivity index (χ2v) is 16.8. The van der Waals surface area contributed by atoms with E-state index in [0.29, 0.717) is 0 Å². The van der Waals surface area contributed by atoms with Gasteiger partial charge in [-0.1, -0.05) is 85.5 Å². The summed E-state index contributed by atoms with van der Waals surface area (Å²) in [6, 6.07) is 42.4. The molecule has 1 saturated carbocycles. The number of rotatable bonds is 3. The summed E-state index contributed by atoms with van der Waals surface area (Å²) in [6.45, 7) is 14.2. The lowest BCUT2D eigenvalue weighted by atomic mass is 9.33. The molecule has 254 valence electrons. The Balaban J connectivity index is 1.32. The van der Waals surface area contributed by atoms with Crippen molar-refractivity contribution >= 4 is 73.3 Å². The molecule has 1 aliphatic carbocycles. The summed E-state index contributed by atoms with van der Waals surface area (Å²) in [6.07, 6.45) is 4.96. The second-order valence-electron chi connectivity index (χ2n) is 16.8. The molecule has 52 heavy (non-hydrogen) atoms. The predicted octanol–water partition coefficient (Wildman–Crippen LogP) is 10.4. The summed E-state index contributed by atoms with van der Waals surface area (Å²) in [4.78, 5) is 5.36. The van der Waals surface area contributed by atoms with Crippen molar-refractivity contribution in [1.82, 2.24) is 4.57 Å². The number of fused-ring (bicyclic) bond motifs is 10. The smallest absolute Gasteiger partial charge is 0.252 e. The zero-order chi connectivity index (χ0) is 35.3. The molecule has 3 nitrogen and oxygen atoms in total. The highest BCUT2D eigenvalue weighted by Gasteiger charge is 2.61. The van der Waals surface area contributed by atoms with Crippen molar-refractivity contribution in [2.24, 2.45) is 0 Å². The van der Waals surface area contributed by atoms with Crippen LogP contribution in [0.2, 0.25) is 0 Å². The predicted molar refractivity (Wildman–Crippen MR) is 222 cm³/mol. The molecule has 6 aromatic carbocycles. The summed E-state index contributed by atoms with van der Waals surface area (Å²) >= 11 is 0. The van der Waals surface area contributed by atoms with Crippen LogP contribution in [0, 0.1) is 27.7 Å². The fourth-order valence-electron chi connectivity index (χ4n) is 11.2. The van der Waals surface area contributed by atoms with Crippen LogP contribution in [0.3, 0.4) is 0 Å². The average molecular weight is 674 g/mol. The van der Waals surface area contributed by atoms with E-state index in [0.717, 1.165) is 0 Å². The molecule has 4 heterocycles. The Labute approximate surface area is 307 Å². The number of hydrogen-bond acceptors (Lipinski definition) is 2. The fraction of sp³-hybridized carbons (Fsp3) is 0.250. The van der Waals surface area contributed by atoms with Gasteiger partial charge in [0.05, 0.1) is 16.7 Å². The topological polar surface area (TPSA) is 11.4 Å².